The van der Waals surface area contributed by atoms with Gasteiger partial charge in [0.1, 0.15) is 0 Å². The first-order chi connectivity index (χ1) is 10.2. The van der Waals surface area contributed by atoms with Crippen LogP contribution in [0.4, 0.5) is 5.13 Å². The number of hydrogen-bond donors (Lipinski definition) is 3. The number of nitrogens with one attached hydrogen (secondary N) is 1. The highest BCUT2D eigenvalue weighted by atomic mass is 35.5. The molecule has 8 heteroatoms. The lowest BCUT2D eigenvalue weighted by Gasteiger charge is -2.06. The molecule has 3 aromatic rings. The van der Waals surface area contributed by atoms with Crippen molar-refractivity contribution in [3.63, 3.8) is 0 Å². The summed E-state index contributed by atoms with van der Waals surface area (Å²) in [5.41, 5.74) is 1.80. The standard InChI is InChI=1S/C13H13ClN4O2S/c14-9-3-1-8(2-4-9)11-6-18-13(16-11)21-12(17-18)15-5-10(20)7-19/h1-4,6,10,19-20H,5,7H2,(H,15,17). The van der Waals surface area contributed by atoms with Gasteiger partial charge in [0.05, 0.1) is 24.6 Å². The molecule has 3 N–H and O–H groups in total. The van der Waals surface area contributed by atoms with Crippen molar-refractivity contribution in [1.82, 2.24) is 14.6 Å². The number of aromatic nitrogens is 3. The first kappa shape index (κ1) is 14.3. The molecule has 110 valence electrons. The van der Waals surface area contributed by atoms with Crippen molar-refractivity contribution in [3.8, 4) is 11.3 Å². The van der Waals surface area contributed by atoms with E-state index in [9.17, 15) is 5.11 Å². The minimum atomic E-state index is -0.800. The Morgan fingerprint density at radius 1 is 1.33 bits per heavy atom. The van der Waals surface area contributed by atoms with Crippen molar-refractivity contribution in [2.75, 3.05) is 18.5 Å². The predicted molar refractivity (Wildman–Crippen MR) is 82.9 cm³/mol. The predicted octanol–water partition coefficient (Wildman–Crippen LogP) is 1.88. The Labute approximate surface area is 129 Å². The summed E-state index contributed by atoms with van der Waals surface area (Å²) in [5.74, 6) is 0. The number of rotatable bonds is 5. The van der Waals surface area contributed by atoms with E-state index in [1.807, 2.05) is 30.5 Å². The van der Waals surface area contributed by atoms with Gasteiger partial charge in [-0.3, -0.25) is 0 Å². The van der Waals surface area contributed by atoms with Crippen LogP contribution in [0.15, 0.2) is 30.5 Å². The Morgan fingerprint density at radius 2 is 2.10 bits per heavy atom. The van der Waals surface area contributed by atoms with Crippen LogP contribution in [-0.2, 0) is 0 Å². The molecule has 2 aromatic heterocycles. The molecule has 0 fully saturated rings. The third-order valence-corrected chi connectivity index (χ3v) is 4.02. The maximum absolute atomic E-state index is 9.29. The Bertz CT molecular complexity index is 709. The first-order valence-electron chi connectivity index (χ1n) is 6.30. The van der Waals surface area contributed by atoms with E-state index in [-0.39, 0.29) is 13.2 Å². The average molecular weight is 325 g/mol. The Hall–Kier alpha value is -1.67. The van der Waals surface area contributed by atoms with Crippen molar-refractivity contribution in [2.24, 2.45) is 0 Å². The monoisotopic (exact) mass is 324 g/mol. The van der Waals surface area contributed by atoms with Gasteiger partial charge in [-0.2, -0.15) is 0 Å². The van der Waals surface area contributed by atoms with Crippen molar-refractivity contribution >= 4 is 33.0 Å². The lowest BCUT2D eigenvalue weighted by atomic mass is 10.2. The number of nitrogens with zero attached hydrogens (tertiary/aromatic N) is 3. The molecular weight excluding hydrogens is 312 g/mol. The molecule has 1 aromatic carbocycles. The summed E-state index contributed by atoms with van der Waals surface area (Å²) in [5, 5.41) is 26.7. The van der Waals surface area contributed by atoms with Crippen LogP contribution >= 0.6 is 22.9 Å². The molecule has 1 unspecified atom stereocenters. The Balaban J connectivity index is 1.79. The molecule has 0 radical (unpaired) electrons. The highest BCUT2D eigenvalue weighted by Gasteiger charge is 2.10. The van der Waals surface area contributed by atoms with E-state index in [1.165, 1.54) is 11.3 Å². The lowest BCUT2D eigenvalue weighted by molar-refractivity contribution is 0.105. The molecule has 0 amide bonds. The molecule has 0 spiro atoms. The topological polar surface area (TPSA) is 82.7 Å². The van der Waals surface area contributed by atoms with Crippen LogP contribution in [0.5, 0.6) is 0 Å². The molecule has 0 bridgehead atoms. The zero-order valence-corrected chi connectivity index (χ0v) is 12.5. The van der Waals surface area contributed by atoms with E-state index in [4.69, 9.17) is 16.7 Å². The summed E-state index contributed by atoms with van der Waals surface area (Å²) in [4.78, 5) is 5.26. The second-order valence-electron chi connectivity index (χ2n) is 4.48. The number of benzene rings is 1. The zero-order chi connectivity index (χ0) is 14.8. The van der Waals surface area contributed by atoms with Crippen LogP contribution in [0.2, 0.25) is 5.02 Å². The second-order valence-corrected chi connectivity index (χ2v) is 5.88. The number of imidazole rings is 1. The van der Waals surface area contributed by atoms with Crippen LogP contribution in [0.25, 0.3) is 16.2 Å². The third-order valence-electron chi connectivity index (χ3n) is 2.88. The fourth-order valence-electron chi connectivity index (χ4n) is 1.80. The van der Waals surface area contributed by atoms with Crippen molar-refractivity contribution in [1.29, 1.82) is 0 Å². The van der Waals surface area contributed by atoms with Crippen LogP contribution < -0.4 is 5.32 Å². The zero-order valence-electron chi connectivity index (χ0n) is 10.9. The van der Waals surface area contributed by atoms with Crippen LogP contribution in [0, 0.1) is 0 Å². The molecule has 3 rings (SSSR count). The number of anilines is 1. The number of aliphatic hydroxyl groups is 2. The van der Waals surface area contributed by atoms with E-state index in [1.54, 1.807) is 4.52 Å². The summed E-state index contributed by atoms with van der Waals surface area (Å²) >= 11 is 7.25. The molecule has 1 atom stereocenters. The molecule has 0 aliphatic rings. The van der Waals surface area contributed by atoms with Gasteiger partial charge >= 0.3 is 0 Å². The van der Waals surface area contributed by atoms with E-state index >= 15 is 0 Å². The van der Waals surface area contributed by atoms with Gasteiger partial charge in [0.2, 0.25) is 10.1 Å². The quantitative estimate of drug-likeness (QED) is 0.667. The molecule has 2 heterocycles. The molecular formula is C13H13ClN4O2S. The van der Waals surface area contributed by atoms with Gasteiger partial charge in [-0.15, -0.1) is 5.10 Å². The van der Waals surface area contributed by atoms with Gasteiger partial charge in [-0.1, -0.05) is 35.1 Å². The average Bonchev–Trinajstić information content (AvgIpc) is 3.03. The van der Waals surface area contributed by atoms with Crippen molar-refractivity contribution in [3.05, 3.63) is 35.5 Å². The maximum Gasteiger partial charge on any atom is 0.214 e. The molecule has 0 aliphatic carbocycles. The summed E-state index contributed by atoms with van der Waals surface area (Å²) < 4.78 is 1.68. The van der Waals surface area contributed by atoms with Crippen molar-refractivity contribution < 1.29 is 10.2 Å². The molecule has 0 saturated carbocycles. The number of aliphatic hydroxyl groups excluding tert-OH is 2. The smallest absolute Gasteiger partial charge is 0.214 e. The molecule has 21 heavy (non-hydrogen) atoms. The van der Waals surface area contributed by atoms with Crippen molar-refractivity contribution in [2.45, 2.75) is 6.10 Å². The van der Waals surface area contributed by atoms with Crippen LogP contribution in [0.3, 0.4) is 0 Å². The fraction of sp³-hybridized carbons (Fsp3) is 0.231. The Morgan fingerprint density at radius 3 is 2.76 bits per heavy atom. The summed E-state index contributed by atoms with van der Waals surface area (Å²) in [6.45, 7) is -0.0343. The molecule has 0 saturated heterocycles. The minimum Gasteiger partial charge on any atom is -0.394 e. The van der Waals surface area contributed by atoms with Crippen LogP contribution in [0.1, 0.15) is 0 Å². The van der Waals surface area contributed by atoms with Gasteiger partial charge in [-0.25, -0.2) is 9.50 Å². The summed E-state index contributed by atoms with van der Waals surface area (Å²) in [7, 11) is 0. The summed E-state index contributed by atoms with van der Waals surface area (Å²) in [6.07, 6.45) is 1.04. The normalized spacial score (nSPS) is 12.7. The SMILES string of the molecule is OCC(O)CNc1nn2cc(-c3ccc(Cl)cc3)nc2s1. The third kappa shape index (κ3) is 3.16. The van der Waals surface area contributed by atoms with Gasteiger partial charge in [0, 0.05) is 17.1 Å². The Kier molecular flexibility index (Phi) is 4.07. The van der Waals surface area contributed by atoms with E-state index in [0.29, 0.717) is 10.2 Å². The van der Waals surface area contributed by atoms with E-state index in [2.05, 4.69) is 15.4 Å². The van der Waals surface area contributed by atoms with Gasteiger partial charge in [0.25, 0.3) is 0 Å². The highest BCUT2D eigenvalue weighted by Crippen LogP contribution is 2.25. The summed E-state index contributed by atoms with van der Waals surface area (Å²) in [6, 6.07) is 7.46. The highest BCUT2D eigenvalue weighted by molar-refractivity contribution is 7.20. The van der Waals surface area contributed by atoms with Gasteiger partial charge in [0.15, 0.2) is 0 Å². The molecule has 6 nitrogen and oxygen atoms in total. The second kappa shape index (κ2) is 5.98. The maximum atomic E-state index is 9.29. The minimum absolute atomic E-state index is 0.247. The van der Waals surface area contributed by atoms with Gasteiger partial charge < -0.3 is 15.5 Å². The van der Waals surface area contributed by atoms with Crippen LogP contribution in [-0.4, -0.2) is 44.1 Å². The van der Waals surface area contributed by atoms with Gasteiger partial charge in [-0.05, 0) is 12.1 Å². The number of fused-ring (bicyclic) bond motifs is 1. The van der Waals surface area contributed by atoms with E-state index in [0.717, 1.165) is 16.2 Å². The largest absolute Gasteiger partial charge is 0.394 e. The first-order valence-corrected chi connectivity index (χ1v) is 7.50. The number of hydrogen-bond acceptors (Lipinski definition) is 6. The number of halogens is 1. The lowest BCUT2D eigenvalue weighted by Crippen LogP contribution is -2.22. The van der Waals surface area contributed by atoms with E-state index < -0.39 is 6.10 Å². The fourth-order valence-corrected chi connectivity index (χ4v) is 2.72. The molecule has 0 aliphatic heterocycles.